The third-order valence-electron chi connectivity index (χ3n) is 2.13. The summed E-state index contributed by atoms with van der Waals surface area (Å²) in [4.78, 5) is 0.231. The van der Waals surface area contributed by atoms with Crippen LogP contribution in [0.5, 0.6) is 0 Å². The first-order valence-electron chi connectivity index (χ1n) is 4.22. The molecule has 1 aliphatic rings. The number of rotatable bonds is 2. The topological polar surface area (TPSA) is 43.4 Å². The van der Waals surface area contributed by atoms with Crippen LogP contribution in [0.15, 0.2) is 29.2 Å². The van der Waals surface area contributed by atoms with Gasteiger partial charge in [0.2, 0.25) is 9.84 Å². The van der Waals surface area contributed by atoms with Gasteiger partial charge in [-0.2, -0.15) is 0 Å². The molecule has 1 atom stereocenters. The molecule has 0 aromatic heterocycles. The molecule has 0 bridgehead atoms. The van der Waals surface area contributed by atoms with E-state index in [-0.39, 0.29) is 4.90 Å². The quantitative estimate of drug-likeness (QED) is 0.782. The van der Waals surface area contributed by atoms with Crippen molar-refractivity contribution >= 4 is 21.4 Å². The zero-order valence-electron chi connectivity index (χ0n) is 7.31. The largest absolute Gasteiger partial charge is 0.362 e. The first kappa shape index (κ1) is 9.96. The van der Waals surface area contributed by atoms with Crippen molar-refractivity contribution in [2.24, 2.45) is 0 Å². The molecule has 1 aromatic carbocycles. The van der Waals surface area contributed by atoms with Crippen LogP contribution >= 0.6 is 11.6 Å². The molecule has 1 aromatic rings. The zero-order chi connectivity index (χ0) is 10.2. The fraction of sp³-hybridized carbons (Fsp3) is 0.333. The summed E-state index contributed by atoms with van der Waals surface area (Å²) in [5.41, 5.74) is -0.680. The van der Waals surface area contributed by atoms with Crippen LogP contribution in [0.1, 0.15) is 6.42 Å². The minimum atomic E-state index is -3.33. The van der Waals surface area contributed by atoms with E-state index < -0.39 is 15.3 Å². The summed E-state index contributed by atoms with van der Waals surface area (Å²) in [5, 5.41) is 0.422. The molecule has 0 radical (unpaired) electrons. The van der Waals surface area contributed by atoms with Crippen molar-refractivity contribution in [2.45, 2.75) is 16.8 Å². The van der Waals surface area contributed by atoms with E-state index in [9.17, 15) is 8.42 Å². The molecule has 3 nitrogen and oxygen atoms in total. The summed E-state index contributed by atoms with van der Waals surface area (Å²) in [6, 6.07) is 6.23. The van der Waals surface area contributed by atoms with E-state index in [0.717, 1.165) is 0 Å². The average Bonchev–Trinajstić information content (AvgIpc) is 2.00. The molecule has 0 amide bonds. The Balaban J connectivity index is 2.38. The Kier molecular flexibility index (Phi) is 2.51. The molecule has 0 saturated carbocycles. The van der Waals surface area contributed by atoms with Gasteiger partial charge in [-0.15, -0.1) is 0 Å². The molecule has 1 fully saturated rings. The van der Waals surface area contributed by atoms with Crippen LogP contribution in [0.4, 0.5) is 0 Å². The van der Waals surface area contributed by atoms with E-state index in [1.54, 1.807) is 12.1 Å². The van der Waals surface area contributed by atoms with Gasteiger partial charge in [0.15, 0.2) is 5.44 Å². The number of benzene rings is 1. The number of halogens is 1. The Morgan fingerprint density at radius 2 is 2.14 bits per heavy atom. The second kappa shape index (κ2) is 3.53. The van der Waals surface area contributed by atoms with E-state index in [0.29, 0.717) is 18.1 Å². The summed E-state index contributed by atoms with van der Waals surface area (Å²) in [5.74, 6) is 0. The summed E-state index contributed by atoms with van der Waals surface area (Å²) in [6.45, 7) is 0.518. The smallest absolute Gasteiger partial charge is 0.205 e. The number of sulfone groups is 1. The lowest BCUT2D eigenvalue weighted by Gasteiger charge is -2.25. The zero-order valence-corrected chi connectivity index (χ0v) is 8.88. The predicted octanol–water partition coefficient (Wildman–Crippen LogP) is 1.86. The minimum Gasteiger partial charge on any atom is -0.362 e. The summed E-state index contributed by atoms with van der Waals surface area (Å²) in [7, 11) is -3.33. The molecule has 14 heavy (non-hydrogen) atoms. The third kappa shape index (κ3) is 1.65. The molecule has 0 spiro atoms. The van der Waals surface area contributed by atoms with Gasteiger partial charge in [0.05, 0.1) is 11.5 Å². The van der Waals surface area contributed by atoms with Gasteiger partial charge in [0, 0.05) is 11.4 Å². The van der Waals surface area contributed by atoms with Gasteiger partial charge in [-0.25, -0.2) is 8.42 Å². The highest BCUT2D eigenvalue weighted by Crippen LogP contribution is 2.26. The van der Waals surface area contributed by atoms with E-state index in [1.165, 1.54) is 12.1 Å². The van der Waals surface area contributed by atoms with E-state index in [1.807, 2.05) is 0 Å². The third-order valence-corrected chi connectivity index (χ3v) is 4.34. The molecule has 5 heteroatoms. The highest BCUT2D eigenvalue weighted by molar-refractivity contribution is 7.92. The van der Waals surface area contributed by atoms with Gasteiger partial charge >= 0.3 is 0 Å². The molecular formula is C9H9ClO3S. The first-order valence-corrected chi connectivity index (χ1v) is 6.14. The van der Waals surface area contributed by atoms with Crippen molar-refractivity contribution in [3.63, 3.8) is 0 Å². The van der Waals surface area contributed by atoms with Gasteiger partial charge in [-0.3, -0.25) is 0 Å². The maximum atomic E-state index is 11.8. The van der Waals surface area contributed by atoms with Gasteiger partial charge in [0.1, 0.15) is 0 Å². The lowest BCUT2D eigenvalue weighted by Crippen LogP contribution is -2.34. The maximum Gasteiger partial charge on any atom is 0.205 e. The number of hydrogen-bond donors (Lipinski definition) is 0. The van der Waals surface area contributed by atoms with Crippen molar-refractivity contribution in [3.8, 4) is 0 Å². The van der Waals surface area contributed by atoms with Gasteiger partial charge in [-0.05, 0) is 18.2 Å². The number of hydrogen-bond acceptors (Lipinski definition) is 3. The molecular weight excluding hydrogens is 224 g/mol. The van der Waals surface area contributed by atoms with Gasteiger partial charge in [-0.1, -0.05) is 17.7 Å². The van der Waals surface area contributed by atoms with Crippen molar-refractivity contribution in [1.29, 1.82) is 0 Å². The Hall–Kier alpha value is -0.580. The number of ether oxygens (including phenoxy) is 1. The highest BCUT2D eigenvalue weighted by Gasteiger charge is 2.33. The normalized spacial score (nSPS) is 21.6. The monoisotopic (exact) mass is 232 g/mol. The van der Waals surface area contributed by atoms with Crippen LogP contribution in [-0.2, 0) is 14.6 Å². The molecule has 0 aliphatic carbocycles. The molecule has 1 heterocycles. The van der Waals surface area contributed by atoms with Gasteiger partial charge < -0.3 is 4.74 Å². The minimum absolute atomic E-state index is 0.231. The lowest BCUT2D eigenvalue weighted by molar-refractivity contribution is 0.00316. The standard InChI is InChI=1S/C9H9ClO3S/c10-7-2-1-3-8(6-7)14(11,12)9-4-5-13-9/h1-3,6,9H,4-5H2. The second-order valence-corrected chi connectivity index (χ2v) is 5.62. The van der Waals surface area contributed by atoms with Crippen LogP contribution < -0.4 is 0 Å². The Labute approximate surface area is 87.6 Å². The van der Waals surface area contributed by atoms with Crippen molar-refractivity contribution in [1.82, 2.24) is 0 Å². The highest BCUT2D eigenvalue weighted by atomic mass is 35.5. The van der Waals surface area contributed by atoms with E-state index >= 15 is 0 Å². The SMILES string of the molecule is O=S(=O)(c1cccc(Cl)c1)C1CCO1. The molecule has 1 unspecified atom stereocenters. The van der Waals surface area contributed by atoms with Crippen LogP contribution in [0, 0.1) is 0 Å². The van der Waals surface area contributed by atoms with E-state index in [2.05, 4.69) is 0 Å². The summed E-state index contributed by atoms with van der Waals surface area (Å²) in [6.07, 6.45) is 0.564. The van der Waals surface area contributed by atoms with Crippen molar-refractivity contribution in [2.75, 3.05) is 6.61 Å². The maximum absolute atomic E-state index is 11.8. The molecule has 76 valence electrons. The summed E-state index contributed by atoms with van der Waals surface area (Å²) < 4.78 is 28.5. The fourth-order valence-electron chi connectivity index (χ4n) is 1.25. The van der Waals surface area contributed by atoms with Gasteiger partial charge in [0.25, 0.3) is 0 Å². The first-order chi connectivity index (χ1) is 6.60. The summed E-state index contributed by atoms with van der Waals surface area (Å²) >= 11 is 5.71. The molecule has 2 rings (SSSR count). The van der Waals surface area contributed by atoms with E-state index in [4.69, 9.17) is 16.3 Å². The molecule has 1 saturated heterocycles. The average molecular weight is 233 g/mol. The lowest BCUT2D eigenvalue weighted by atomic mass is 10.4. The Morgan fingerprint density at radius 1 is 1.43 bits per heavy atom. The molecule has 0 N–H and O–H groups in total. The van der Waals surface area contributed by atoms with Crippen LogP contribution in [0.2, 0.25) is 5.02 Å². The second-order valence-electron chi connectivity index (χ2n) is 3.09. The Bertz CT molecular complexity index is 437. The predicted molar refractivity (Wildman–Crippen MR) is 53.0 cm³/mol. The fourth-order valence-corrected chi connectivity index (χ4v) is 3.05. The van der Waals surface area contributed by atoms with Crippen molar-refractivity contribution in [3.05, 3.63) is 29.3 Å². The van der Waals surface area contributed by atoms with Crippen LogP contribution in [0.3, 0.4) is 0 Å². The van der Waals surface area contributed by atoms with Crippen LogP contribution in [-0.4, -0.2) is 20.5 Å². The molecule has 1 aliphatic heterocycles. The van der Waals surface area contributed by atoms with Crippen LogP contribution in [0.25, 0.3) is 0 Å². The Morgan fingerprint density at radius 3 is 2.64 bits per heavy atom. The van der Waals surface area contributed by atoms with Crippen molar-refractivity contribution < 1.29 is 13.2 Å².